The van der Waals surface area contributed by atoms with Crippen molar-refractivity contribution in [1.29, 1.82) is 0 Å². The van der Waals surface area contributed by atoms with Crippen LogP contribution in [0.15, 0.2) is 71.6 Å². The van der Waals surface area contributed by atoms with E-state index in [1.807, 2.05) is 38.1 Å². The molecule has 9 heteroatoms. The van der Waals surface area contributed by atoms with Crippen LogP contribution in [0.1, 0.15) is 11.1 Å². The van der Waals surface area contributed by atoms with Crippen LogP contribution in [0.25, 0.3) is 0 Å². The molecule has 2 aliphatic rings. The molecule has 0 bridgehead atoms. The summed E-state index contributed by atoms with van der Waals surface area (Å²) >= 11 is 0. The van der Waals surface area contributed by atoms with Gasteiger partial charge in [-0.2, -0.15) is 0 Å². The van der Waals surface area contributed by atoms with E-state index in [1.54, 1.807) is 42.5 Å². The third kappa shape index (κ3) is 4.64. The van der Waals surface area contributed by atoms with Crippen LogP contribution in [0.3, 0.4) is 0 Å². The molecule has 0 aliphatic carbocycles. The Balaban J connectivity index is 1.34. The summed E-state index contributed by atoms with van der Waals surface area (Å²) < 4.78 is 45.9. The fourth-order valence-electron chi connectivity index (χ4n) is 4.05. The maximum Gasteiger partial charge on any atom is 0.264 e. The Bertz CT molecular complexity index is 1360. The van der Waals surface area contributed by atoms with E-state index >= 15 is 0 Å². The van der Waals surface area contributed by atoms with Crippen LogP contribution in [-0.2, 0) is 14.8 Å². The molecule has 2 atom stereocenters. The third-order valence-electron chi connectivity index (χ3n) is 5.96. The SMILES string of the molecule is Cc1ccc(S(=O)(=O)N2C[C@@H](C(=O)NC[C@H]3COc4ccccc4O3)Oc3ccc(C)cc32)cc1. The van der Waals surface area contributed by atoms with Crippen LogP contribution in [0.2, 0.25) is 0 Å². The summed E-state index contributed by atoms with van der Waals surface area (Å²) in [6.45, 7) is 4.10. The van der Waals surface area contributed by atoms with Gasteiger partial charge in [-0.3, -0.25) is 9.10 Å². The van der Waals surface area contributed by atoms with Gasteiger partial charge in [-0.05, 0) is 55.8 Å². The lowest BCUT2D eigenvalue weighted by molar-refractivity contribution is -0.128. The van der Waals surface area contributed by atoms with E-state index in [4.69, 9.17) is 14.2 Å². The number of hydrogen-bond donors (Lipinski definition) is 1. The lowest BCUT2D eigenvalue weighted by Crippen LogP contribution is -2.52. The molecule has 0 fully saturated rings. The topological polar surface area (TPSA) is 94.2 Å². The first-order valence-electron chi connectivity index (χ1n) is 11.3. The Labute approximate surface area is 204 Å². The van der Waals surface area contributed by atoms with Gasteiger partial charge >= 0.3 is 0 Å². The van der Waals surface area contributed by atoms with Crippen LogP contribution in [0.5, 0.6) is 17.2 Å². The zero-order valence-corrected chi connectivity index (χ0v) is 20.2. The number of amides is 1. The summed E-state index contributed by atoms with van der Waals surface area (Å²) in [5.41, 5.74) is 2.25. The number of benzene rings is 3. The van der Waals surface area contributed by atoms with Crippen molar-refractivity contribution in [2.45, 2.75) is 31.0 Å². The molecular weight excluding hydrogens is 468 g/mol. The number of fused-ring (bicyclic) bond motifs is 2. The highest BCUT2D eigenvalue weighted by atomic mass is 32.2. The van der Waals surface area contributed by atoms with E-state index in [-0.39, 0.29) is 24.1 Å². The summed E-state index contributed by atoms with van der Waals surface area (Å²) in [7, 11) is -3.92. The second-order valence-corrected chi connectivity index (χ2v) is 10.5. The molecule has 0 saturated carbocycles. The minimum Gasteiger partial charge on any atom is -0.486 e. The van der Waals surface area contributed by atoms with E-state index in [9.17, 15) is 13.2 Å². The summed E-state index contributed by atoms with van der Waals surface area (Å²) in [5.74, 6) is 1.19. The molecule has 3 aromatic rings. The van der Waals surface area contributed by atoms with Crippen molar-refractivity contribution in [3.63, 3.8) is 0 Å². The van der Waals surface area contributed by atoms with Crippen molar-refractivity contribution in [3.05, 3.63) is 77.9 Å². The molecule has 2 heterocycles. The van der Waals surface area contributed by atoms with Gasteiger partial charge in [0.25, 0.3) is 15.9 Å². The highest BCUT2D eigenvalue weighted by Crippen LogP contribution is 2.38. The fraction of sp³-hybridized carbons (Fsp3) is 0.269. The molecule has 2 aliphatic heterocycles. The van der Waals surface area contributed by atoms with Crippen LogP contribution >= 0.6 is 0 Å². The van der Waals surface area contributed by atoms with Gasteiger partial charge < -0.3 is 19.5 Å². The second-order valence-electron chi connectivity index (χ2n) is 8.67. The zero-order valence-electron chi connectivity index (χ0n) is 19.4. The molecule has 1 N–H and O–H groups in total. The van der Waals surface area contributed by atoms with Crippen LogP contribution in [-0.4, -0.2) is 46.2 Å². The van der Waals surface area contributed by atoms with Gasteiger partial charge in [0, 0.05) is 0 Å². The number of carbonyl (C=O) groups excluding carboxylic acids is 1. The smallest absolute Gasteiger partial charge is 0.264 e. The number of sulfonamides is 1. The number of anilines is 1. The summed E-state index contributed by atoms with van der Waals surface area (Å²) in [6.07, 6.45) is -1.40. The third-order valence-corrected chi connectivity index (χ3v) is 7.75. The molecule has 0 saturated heterocycles. The Morgan fingerprint density at radius 3 is 2.43 bits per heavy atom. The minimum atomic E-state index is -3.92. The average Bonchev–Trinajstić information content (AvgIpc) is 2.86. The number of hydrogen-bond acceptors (Lipinski definition) is 6. The first-order valence-corrected chi connectivity index (χ1v) is 12.8. The lowest BCUT2D eigenvalue weighted by Gasteiger charge is -2.35. The van der Waals surface area contributed by atoms with Crippen LogP contribution in [0.4, 0.5) is 5.69 Å². The standard InChI is InChI=1S/C26H26N2O6S/c1-17-7-10-20(11-8-17)35(30,31)28-15-25(34-22-12-9-18(2)13-21(22)28)26(29)27-14-19-16-32-23-5-3-4-6-24(23)33-19/h3-13,19,25H,14-16H2,1-2H3,(H,27,29)/t19-,25-/m0/s1. The highest BCUT2D eigenvalue weighted by Gasteiger charge is 2.38. The molecule has 8 nitrogen and oxygen atoms in total. The largest absolute Gasteiger partial charge is 0.486 e. The maximum absolute atomic E-state index is 13.6. The number of rotatable bonds is 5. The number of nitrogens with zero attached hydrogens (tertiary/aromatic N) is 1. The fourth-order valence-corrected chi connectivity index (χ4v) is 5.52. The van der Waals surface area contributed by atoms with E-state index in [1.165, 1.54) is 4.31 Å². The summed E-state index contributed by atoms with van der Waals surface area (Å²) in [6, 6.07) is 19.2. The van der Waals surface area contributed by atoms with Gasteiger partial charge in [0.2, 0.25) is 0 Å². The monoisotopic (exact) mass is 494 g/mol. The van der Waals surface area contributed by atoms with Gasteiger partial charge in [0.1, 0.15) is 18.5 Å². The van der Waals surface area contributed by atoms with E-state index in [0.29, 0.717) is 29.5 Å². The van der Waals surface area contributed by atoms with E-state index in [0.717, 1.165) is 11.1 Å². The molecule has 0 radical (unpaired) electrons. The molecule has 182 valence electrons. The van der Waals surface area contributed by atoms with Crippen molar-refractivity contribution in [2.24, 2.45) is 0 Å². The maximum atomic E-state index is 13.6. The average molecular weight is 495 g/mol. The number of nitrogens with one attached hydrogen (secondary N) is 1. The molecule has 0 aromatic heterocycles. The van der Waals surface area contributed by atoms with Crippen molar-refractivity contribution in [3.8, 4) is 17.2 Å². The van der Waals surface area contributed by atoms with Gasteiger partial charge in [0.15, 0.2) is 17.6 Å². The molecular formula is C26H26N2O6S. The van der Waals surface area contributed by atoms with Crippen molar-refractivity contribution >= 4 is 21.6 Å². The lowest BCUT2D eigenvalue weighted by atomic mass is 10.1. The first-order chi connectivity index (χ1) is 16.8. The normalized spacial score (nSPS) is 18.9. The molecule has 5 rings (SSSR count). The van der Waals surface area contributed by atoms with Crippen molar-refractivity contribution in [2.75, 3.05) is 24.0 Å². The van der Waals surface area contributed by atoms with Gasteiger partial charge in [-0.25, -0.2) is 8.42 Å². The minimum absolute atomic E-state index is 0.149. The molecule has 0 unspecified atom stereocenters. The predicted molar refractivity (Wildman–Crippen MR) is 131 cm³/mol. The zero-order chi connectivity index (χ0) is 24.6. The van der Waals surface area contributed by atoms with Crippen LogP contribution < -0.4 is 23.8 Å². The van der Waals surface area contributed by atoms with Gasteiger partial charge in [-0.1, -0.05) is 35.9 Å². The summed E-state index contributed by atoms with van der Waals surface area (Å²) in [4.78, 5) is 13.2. The van der Waals surface area contributed by atoms with Crippen molar-refractivity contribution < 1.29 is 27.4 Å². The Morgan fingerprint density at radius 1 is 0.943 bits per heavy atom. The van der Waals surface area contributed by atoms with Crippen LogP contribution in [0, 0.1) is 13.8 Å². The Hall–Kier alpha value is -3.72. The highest BCUT2D eigenvalue weighted by molar-refractivity contribution is 7.92. The predicted octanol–water partition coefficient (Wildman–Crippen LogP) is 3.22. The number of aryl methyl sites for hydroxylation is 2. The van der Waals surface area contributed by atoms with Gasteiger partial charge in [0.05, 0.1) is 23.7 Å². The number of carbonyl (C=O) groups is 1. The number of para-hydroxylation sites is 2. The molecule has 35 heavy (non-hydrogen) atoms. The van der Waals surface area contributed by atoms with Gasteiger partial charge in [-0.15, -0.1) is 0 Å². The molecule has 3 aromatic carbocycles. The Morgan fingerprint density at radius 2 is 1.66 bits per heavy atom. The second kappa shape index (κ2) is 9.14. The number of ether oxygens (including phenoxy) is 3. The van der Waals surface area contributed by atoms with Crippen molar-refractivity contribution in [1.82, 2.24) is 5.32 Å². The Kier molecular flexibility index (Phi) is 6.02. The molecule has 0 spiro atoms. The summed E-state index contributed by atoms with van der Waals surface area (Å²) in [5, 5.41) is 2.82. The molecule has 1 amide bonds. The van der Waals surface area contributed by atoms with E-state index in [2.05, 4.69) is 5.32 Å². The quantitative estimate of drug-likeness (QED) is 0.586. The van der Waals surface area contributed by atoms with E-state index < -0.39 is 22.0 Å². The first kappa shape index (κ1) is 23.0.